The highest BCUT2D eigenvalue weighted by atomic mass is 35.5. The molecule has 20 heavy (non-hydrogen) atoms. The van der Waals surface area contributed by atoms with Gasteiger partial charge in [-0.1, -0.05) is 33.1 Å². The first-order chi connectivity index (χ1) is 9.15. The molecule has 2 aliphatic rings. The molecule has 3 atom stereocenters. The number of hydrogen-bond acceptors (Lipinski definition) is 2. The summed E-state index contributed by atoms with van der Waals surface area (Å²) in [5, 5.41) is 3.31. The van der Waals surface area contributed by atoms with Crippen molar-refractivity contribution in [2.75, 3.05) is 6.54 Å². The Morgan fingerprint density at radius 3 is 2.40 bits per heavy atom. The van der Waals surface area contributed by atoms with Crippen LogP contribution in [0.15, 0.2) is 0 Å². The van der Waals surface area contributed by atoms with Crippen molar-refractivity contribution in [2.24, 2.45) is 23.0 Å². The molecule has 0 aliphatic heterocycles. The maximum atomic E-state index is 12.5. The predicted molar refractivity (Wildman–Crippen MR) is 85.9 cm³/mol. The van der Waals surface area contributed by atoms with Crippen LogP contribution in [-0.2, 0) is 4.79 Å². The predicted octanol–water partition coefficient (Wildman–Crippen LogP) is 3.26. The first-order valence-electron chi connectivity index (χ1n) is 8.16. The molecule has 3 nitrogen and oxygen atoms in total. The Morgan fingerprint density at radius 1 is 1.15 bits per heavy atom. The van der Waals surface area contributed by atoms with Crippen molar-refractivity contribution < 1.29 is 4.79 Å². The first kappa shape index (κ1) is 17.8. The smallest absolute Gasteiger partial charge is 0.227 e. The largest absolute Gasteiger partial charge is 0.353 e. The van der Waals surface area contributed by atoms with E-state index in [-0.39, 0.29) is 23.7 Å². The fourth-order valence-corrected chi connectivity index (χ4v) is 4.12. The van der Waals surface area contributed by atoms with Crippen LogP contribution in [0.3, 0.4) is 0 Å². The molecule has 2 aliphatic carbocycles. The van der Waals surface area contributed by atoms with E-state index in [1.807, 2.05) is 0 Å². The number of carbonyl (C=O) groups excluding carboxylic acids is 1. The molecule has 0 saturated heterocycles. The van der Waals surface area contributed by atoms with Crippen molar-refractivity contribution in [1.82, 2.24) is 5.32 Å². The molecular weight excluding hydrogens is 272 g/mol. The van der Waals surface area contributed by atoms with Gasteiger partial charge in [-0.15, -0.1) is 12.4 Å². The van der Waals surface area contributed by atoms with Crippen LogP contribution in [0.5, 0.6) is 0 Å². The normalized spacial score (nSPS) is 29.4. The molecule has 0 aromatic heterocycles. The summed E-state index contributed by atoms with van der Waals surface area (Å²) in [5.74, 6) is 2.01. The summed E-state index contributed by atoms with van der Waals surface area (Å²) in [6, 6.07) is 0.399. The van der Waals surface area contributed by atoms with Crippen LogP contribution in [0.1, 0.15) is 65.2 Å². The van der Waals surface area contributed by atoms with Crippen LogP contribution >= 0.6 is 12.4 Å². The fraction of sp³-hybridized carbons (Fsp3) is 0.938. The van der Waals surface area contributed by atoms with E-state index >= 15 is 0 Å². The average molecular weight is 303 g/mol. The summed E-state index contributed by atoms with van der Waals surface area (Å²) in [5.41, 5.74) is 5.52. The molecule has 2 saturated carbocycles. The van der Waals surface area contributed by atoms with Gasteiger partial charge in [0.05, 0.1) is 5.41 Å². The fourth-order valence-electron chi connectivity index (χ4n) is 4.12. The topological polar surface area (TPSA) is 55.1 Å². The summed E-state index contributed by atoms with van der Waals surface area (Å²) in [4.78, 5) is 12.5. The van der Waals surface area contributed by atoms with Gasteiger partial charge in [-0.25, -0.2) is 0 Å². The molecule has 0 bridgehead atoms. The van der Waals surface area contributed by atoms with Gasteiger partial charge in [-0.3, -0.25) is 4.79 Å². The molecule has 3 unspecified atom stereocenters. The van der Waals surface area contributed by atoms with Gasteiger partial charge in [0.1, 0.15) is 0 Å². The molecule has 0 aromatic carbocycles. The van der Waals surface area contributed by atoms with Crippen LogP contribution in [0.25, 0.3) is 0 Å². The number of hydrogen-bond donors (Lipinski definition) is 2. The van der Waals surface area contributed by atoms with Crippen LogP contribution in [0.4, 0.5) is 0 Å². The zero-order chi connectivity index (χ0) is 13.9. The maximum absolute atomic E-state index is 12.5. The lowest BCUT2D eigenvalue weighted by Gasteiger charge is -2.36. The first-order valence-corrected chi connectivity index (χ1v) is 8.16. The van der Waals surface area contributed by atoms with Gasteiger partial charge < -0.3 is 11.1 Å². The number of amides is 1. The van der Waals surface area contributed by atoms with Gasteiger partial charge in [0, 0.05) is 12.6 Å². The van der Waals surface area contributed by atoms with Gasteiger partial charge in [0.15, 0.2) is 0 Å². The van der Waals surface area contributed by atoms with E-state index in [9.17, 15) is 4.79 Å². The van der Waals surface area contributed by atoms with E-state index in [1.165, 1.54) is 38.5 Å². The minimum Gasteiger partial charge on any atom is -0.353 e. The Hall–Kier alpha value is -0.280. The summed E-state index contributed by atoms with van der Waals surface area (Å²) in [6.45, 7) is 4.61. The Morgan fingerprint density at radius 2 is 1.80 bits per heavy atom. The second-order valence-electron chi connectivity index (χ2n) is 6.63. The third-order valence-corrected chi connectivity index (χ3v) is 5.85. The maximum Gasteiger partial charge on any atom is 0.227 e. The molecular formula is C16H31ClN2O. The number of rotatable bonds is 5. The summed E-state index contributed by atoms with van der Waals surface area (Å²) in [6.07, 6.45) is 9.54. The number of fused-ring (bicyclic) bond motifs is 1. The lowest BCUT2D eigenvalue weighted by Crippen LogP contribution is -2.50. The molecule has 0 heterocycles. The van der Waals surface area contributed by atoms with Crippen molar-refractivity contribution in [3.8, 4) is 0 Å². The Labute approximate surface area is 129 Å². The zero-order valence-corrected chi connectivity index (χ0v) is 13.8. The molecule has 2 fully saturated rings. The lowest BCUT2D eigenvalue weighted by molar-refractivity contribution is -0.132. The van der Waals surface area contributed by atoms with Crippen LogP contribution < -0.4 is 11.1 Å². The van der Waals surface area contributed by atoms with Crippen molar-refractivity contribution in [2.45, 2.75) is 71.3 Å². The van der Waals surface area contributed by atoms with Crippen molar-refractivity contribution >= 4 is 18.3 Å². The third kappa shape index (κ3) is 3.48. The van der Waals surface area contributed by atoms with Gasteiger partial charge >= 0.3 is 0 Å². The molecule has 1 amide bonds. The lowest BCUT2D eigenvalue weighted by atomic mass is 9.77. The number of carbonyl (C=O) groups is 1. The highest BCUT2D eigenvalue weighted by Crippen LogP contribution is 2.42. The monoisotopic (exact) mass is 302 g/mol. The van der Waals surface area contributed by atoms with E-state index in [2.05, 4.69) is 19.2 Å². The van der Waals surface area contributed by atoms with Gasteiger partial charge in [-0.05, 0) is 43.9 Å². The standard InChI is InChI=1S/C16H30N2O.ClH/c1-3-16(4-2,11-17)15(19)18-14-9-8-12-6-5-7-13(12)10-14;/h12-14H,3-11,17H2,1-2H3,(H,18,19);1H. The van der Waals surface area contributed by atoms with Gasteiger partial charge in [-0.2, -0.15) is 0 Å². The number of nitrogens with two attached hydrogens (primary N) is 1. The van der Waals surface area contributed by atoms with E-state index in [4.69, 9.17) is 5.73 Å². The second-order valence-corrected chi connectivity index (χ2v) is 6.63. The van der Waals surface area contributed by atoms with Crippen molar-refractivity contribution in [1.29, 1.82) is 0 Å². The quantitative estimate of drug-likeness (QED) is 0.819. The third-order valence-electron chi connectivity index (χ3n) is 5.85. The van der Waals surface area contributed by atoms with Gasteiger partial charge in [0.2, 0.25) is 5.91 Å². The van der Waals surface area contributed by atoms with Gasteiger partial charge in [0.25, 0.3) is 0 Å². The Bertz CT molecular complexity index is 309. The summed E-state index contributed by atoms with van der Waals surface area (Å²) in [7, 11) is 0. The molecule has 0 radical (unpaired) electrons. The SMILES string of the molecule is CCC(CC)(CN)C(=O)NC1CCC2CCCC2C1.Cl. The molecule has 4 heteroatoms. The van der Waals surface area contributed by atoms with E-state index in [0.717, 1.165) is 24.7 Å². The number of nitrogens with one attached hydrogen (secondary N) is 1. The zero-order valence-electron chi connectivity index (χ0n) is 13.0. The highest BCUT2D eigenvalue weighted by Gasteiger charge is 2.38. The van der Waals surface area contributed by atoms with E-state index in [1.54, 1.807) is 0 Å². The van der Waals surface area contributed by atoms with Crippen LogP contribution in [0, 0.1) is 17.3 Å². The van der Waals surface area contributed by atoms with Crippen LogP contribution in [0.2, 0.25) is 0 Å². The molecule has 3 N–H and O–H groups in total. The van der Waals surface area contributed by atoms with Crippen molar-refractivity contribution in [3.05, 3.63) is 0 Å². The number of halogens is 1. The summed E-state index contributed by atoms with van der Waals surface area (Å²) >= 11 is 0. The van der Waals surface area contributed by atoms with E-state index < -0.39 is 0 Å². The average Bonchev–Trinajstić information content (AvgIpc) is 2.89. The summed E-state index contributed by atoms with van der Waals surface area (Å²) < 4.78 is 0. The molecule has 0 spiro atoms. The Kier molecular flexibility index (Phi) is 6.80. The van der Waals surface area contributed by atoms with Crippen LogP contribution in [-0.4, -0.2) is 18.5 Å². The second kappa shape index (κ2) is 7.65. The Balaban J connectivity index is 0.00000200. The van der Waals surface area contributed by atoms with Crippen molar-refractivity contribution in [3.63, 3.8) is 0 Å². The molecule has 0 aromatic rings. The minimum absolute atomic E-state index is 0. The highest BCUT2D eigenvalue weighted by molar-refractivity contribution is 5.85. The molecule has 118 valence electrons. The molecule has 2 rings (SSSR count). The van der Waals surface area contributed by atoms with E-state index in [0.29, 0.717) is 12.6 Å². The minimum atomic E-state index is -0.341.